The lowest BCUT2D eigenvalue weighted by atomic mass is 10.1. The van der Waals surface area contributed by atoms with Crippen molar-refractivity contribution in [2.75, 3.05) is 19.8 Å². The van der Waals surface area contributed by atoms with Gasteiger partial charge in [-0.15, -0.1) is 0 Å². The molecule has 1 aromatic heterocycles. The molecule has 0 saturated carbocycles. The van der Waals surface area contributed by atoms with Gasteiger partial charge in [0.05, 0.1) is 6.61 Å². The first-order valence-electron chi connectivity index (χ1n) is 10.7. The number of alkyl halides is 4. The van der Waals surface area contributed by atoms with Crippen LogP contribution >= 0.6 is 0 Å². The first kappa shape index (κ1) is 23.9. The van der Waals surface area contributed by atoms with E-state index in [-0.39, 0.29) is 5.75 Å². The van der Waals surface area contributed by atoms with Gasteiger partial charge in [0.25, 0.3) is 0 Å². The Balaban J connectivity index is 1.50. The molecule has 174 valence electrons. The first-order chi connectivity index (χ1) is 15.4. The van der Waals surface area contributed by atoms with E-state index in [1.165, 1.54) is 11.6 Å². The van der Waals surface area contributed by atoms with E-state index in [0.29, 0.717) is 19.7 Å². The van der Waals surface area contributed by atoms with Gasteiger partial charge in [-0.25, -0.2) is 8.78 Å². The Kier molecular flexibility index (Phi) is 8.39. The summed E-state index contributed by atoms with van der Waals surface area (Å²) in [5.41, 5.74) is 3.03. The first-order valence-corrected chi connectivity index (χ1v) is 10.7. The van der Waals surface area contributed by atoms with Crippen molar-refractivity contribution in [1.82, 2.24) is 10.3 Å². The molecule has 0 bridgehead atoms. The zero-order chi connectivity index (χ0) is 23.0. The lowest BCUT2D eigenvalue weighted by Gasteiger charge is -2.16. The molecule has 3 rings (SSSR count). The summed E-state index contributed by atoms with van der Waals surface area (Å²) in [6.45, 7) is 2.66. The van der Waals surface area contributed by atoms with Crippen molar-refractivity contribution in [2.45, 2.75) is 45.1 Å². The van der Waals surface area contributed by atoms with Gasteiger partial charge in [0.1, 0.15) is 11.5 Å². The SMILES string of the molecule is CCCCOc1ccc2[nH]cc(CCNCc3cccc(OCC(F)(F)C(F)F)c3)c2c1. The fourth-order valence-electron chi connectivity index (χ4n) is 3.23. The van der Waals surface area contributed by atoms with Crippen LogP contribution in [0.1, 0.15) is 30.9 Å². The van der Waals surface area contributed by atoms with E-state index in [2.05, 4.69) is 17.2 Å². The molecule has 32 heavy (non-hydrogen) atoms. The molecule has 2 N–H and O–H groups in total. The fraction of sp³-hybridized carbons (Fsp3) is 0.417. The predicted molar refractivity (Wildman–Crippen MR) is 117 cm³/mol. The molecule has 0 aliphatic heterocycles. The van der Waals surface area contributed by atoms with Gasteiger partial charge in [0.2, 0.25) is 0 Å². The average Bonchev–Trinajstić information content (AvgIpc) is 3.18. The molecule has 0 aliphatic carbocycles. The van der Waals surface area contributed by atoms with Crippen LogP contribution in [0.25, 0.3) is 10.9 Å². The third kappa shape index (κ3) is 6.63. The number of nitrogens with one attached hydrogen (secondary N) is 2. The molecular formula is C24H28F4N2O2. The van der Waals surface area contributed by atoms with Crippen LogP contribution in [0.2, 0.25) is 0 Å². The third-order valence-electron chi connectivity index (χ3n) is 5.05. The molecule has 0 fully saturated rings. The van der Waals surface area contributed by atoms with Gasteiger partial charge in [-0.1, -0.05) is 25.5 Å². The Morgan fingerprint density at radius 2 is 1.88 bits per heavy atom. The van der Waals surface area contributed by atoms with E-state index >= 15 is 0 Å². The minimum absolute atomic E-state index is 0.136. The van der Waals surface area contributed by atoms with Crippen molar-refractivity contribution in [2.24, 2.45) is 0 Å². The van der Waals surface area contributed by atoms with Crippen LogP contribution in [0.5, 0.6) is 11.5 Å². The summed E-state index contributed by atoms with van der Waals surface area (Å²) in [7, 11) is 0. The summed E-state index contributed by atoms with van der Waals surface area (Å²) in [5.74, 6) is -3.18. The van der Waals surface area contributed by atoms with E-state index < -0.39 is 19.0 Å². The minimum Gasteiger partial charge on any atom is -0.494 e. The quantitative estimate of drug-likeness (QED) is 0.249. The molecule has 0 amide bonds. The van der Waals surface area contributed by atoms with E-state index in [9.17, 15) is 17.6 Å². The van der Waals surface area contributed by atoms with Crippen LogP contribution in [0, 0.1) is 0 Å². The molecule has 8 heteroatoms. The van der Waals surface area contributed by atoms with Crippen molar-refractivity contribution in [3.63, 3.8) is 0 Å². The number of rotatable bonds is 13. The Morgan fingerprint density at radius 1 is 1.06 bits per heavy atom. The third-order valence-corrected chi connectivity index (χ3v) is 5.05. The number of ether oxygens (including phenoxy) is 2. The molecule has 2 aromatic carbocycles. The minimum atomic E-state index is -4.17. The smallest absolute Gasteiger partial charge is 0.340 e. The van der Waals surface area contributed by atoms with Gasteiger partial charge in [0, 0.05) is 23.6 Å². The maximum atomic E-state index is 13.0. The lowest BCUT2D eigenvalue weighted by molar-refractivity contribution is -0.148. The second-order valence-electron chi connectivity index (χ2n) is 7.65. The highest BCUT2D eigenvalue weighted by molar-refractivity contribution is 5.84. The van der Waals surface area contributed by atoms with E-state index in [4.69, 9.17) is 9.47 Å². The largest absolute Gasteiger partial charge is 0.494 e. The van der Waals surface area contributed by atoms with E-state index in [0.717, 1.165) is 41.5 Å². The summed E-state index contributed by atoms with van der Waals surface area (Å²) < 4.78 is 61.2. The molecular weight excluding hydrogens is 424 g/mol. The standard InChI is InChI=1S/C24H28F4N2O2/c1-2-3-11-31-20-7-8-22-21(13-20)18(15-30-22)9-10-29-14-17-5-4-6-19(12-17)32-16-24(27,28)23(25)26/h4-8,12-13,15,23,29-30H,2-3,9-11,14,16H2,1H3. The summed E-state index contributed by atoms with van der Waals surface area (Å²) >= 11 is 0. The van der Waals surface area contributed by atoms with Crippen molar-refractivity contribution in [3.8, 4) is 11.5 Å². The van der Waals surface area contributed by atoms with Crippen LogP contribution in [0.4, 0.5) is 17.6 Å². The molecule has 0 atom stereocenters. The normalized spacial score (nSPS) is 11.9. The number of aromatic amines is 1. The second-order valence-corrected chi connectivity index (χ2v) is 7.65. The second kappa shape index (κ2) is 11.2. The lowest BCUT2D eigenvalue weighted by Crippen LogP contribution is -2.33. The van der Waals surface area contributed by atoms with Crippen molar-refractivity contribution in [1.29, 1.82) is 0 Å². The van der Waals surface area contributed by atoms with Crippen LogP contribution in [-0.2, 0) is 13.0 Å². The van der Waals surface area contributed by atoms with Crippen LogP contribution < -0.4 is 14.8 Å². The van der Waals surface area contributed by atoms with Gasteiger partial charge in [0.15, 0.2) is 6.61 Å². The number of hydrogen-bond acceptors (Lipinski definition) is 3. The highest BCUT2D eigenvalue weighted by Gasteiger charge is 2.41. The monoisotopic (exact) mass is 452 g/mol. The number of H-pyrrole nitrogens is 1. The van der Waals surface area contributed by atoms with E-state index in [1.807, 2.05) is 30.5 Å². The molecule has 4 nitrogen and oxygen atoms in total. The number of benzene rings is 2. The molecule has 0 aliphatic rings. The number of fused-ring (bicyclic) bond motifs is 1. The average molecular weight is 452 g/mol. The van der Waals surface area contributed by atoms with Gasteiger partial charge in [-0.3, -0.25) is 0 Å². The predicted octanol–water partition coefficient (Wildman–Crippen LogP) is 5.96. The maximum Gasteiger partial charge on any atom is 0.340 e. The fourth-order valence-corrected chi connectivity index (χ4v) is 3.23. The van der Waals surface area contributed by atoms with Crippen LogP contribution in [0.3, 0.4) is 0 Å². The Labute approximate surface area is 184 Å². The topological polar surface area (TPSA) is 46.3 Å². The van der Waals surface area contributed by atoms with Crippen molar-refractivity contribution >= 4 is 10.9 Å². The summed E-state index contributed by atoms with van der Waals surface area (Å²) in [4.78, 5) is 3.27. The number of aromatic nitrogens is 1. The van der Waals surface area contributed by atoms with Crippen LogP contribution in [0.15, 0.2) is 48.7 Å². The van der Waals surface area contributed by atoms with Gasteiger partial charge >= 0.3 is 12.3 Å². The molecule has 0 unspecified atom stereocenters. The molecule has 3 aromatic rings. The summed E-state index contributed by atoms with van der Waals surface area (Å²) in [6.07, 6.45) is 1.12. The summed E-state index contributed by atoms with van der Waals surface area (Å²) in [6, 6.07) is 12.5. The van der Waals surface area contributed by atoms with Crippen LogP contribution in [-0.4, -0.2) is 37.1 Å². The van der Waals surface area contributed by atoms with E-state index in [1.54, 1.807) is 12.1 Å². The van der Waals surface area contributed by atoms with Gasteiger partial charge in [-0.2, -0.15) is 8.78 Å². The Hall–Kier alpha value is -2.74. The zero-order valence-electron chi connectivity index (χ0n) is 18.0. The molecule has 0 radical (unpaired) electrons. The van der Waals surface area contributed by atoms with Crippen molar-refractivity contribution in [3.05, 3.63) is 59.8 Å². The summed E-state index contributed by atoms with van der Waals surface area (Å²) in [5, 5.41) is 4.43. The number of unbranched alkanes of at least 4 members (excludes halogenated alkanes) is 1. The Bertz CT molecular complexity index is 991. The maximum absolute atomic E-state index is 13.0. The molecule has 1 heterocycles. The molecule has 0 saturated heterocycles. The van der Waals surface area contributed by atoms with Gasteiger partial charge < -0.3 is 19.8 Å². The zero-order valence-corrected chi connectivity index (χ0v) is 18.0. The number of halogens is 4. The highest BCUT2D eigenvalue weighted by atomic mass is 19.3. The number of hydrogen-bond donors (Lipinski definition) is 2. The van der Waals surface area contributed by atoms with Crippen molar-refractivity contribution < 1.29 is 27.0 Å². The van der Waals surface area contributed by atoms with Gasteiger partial charge in [-0.05, 0) is 60.8 Å². The molecule has 0 spiro atoms. The Morgan fingerprint density at radius 3 is 2.66 bits per heavy atom. The highest BCUT2D eigenvalue weighted by Crippen LogP contribution is 2.25.